The zero-order valence-electron chi connectivity index (χ0n) is 7.52. The van der Waals surface area contributed by atoms with Crippen molar-refractivity contribution >= 4 is 22.6 Å². The number of halogens is 2. The normalized spacial score (nSPS) is 14.4. The molecule has 0 radical (unpaired) electrons. The van der Waals surface area contributed by atoms with Crippen molar-refractivity contribution < 1.29 is 4.39 Å². The second-order valence-corrected chi connectivity index (χ2v) is 3.55. The van der Waals surface area contributed by atoms with Crippen LogP contribution in [0.3, 0.4) is 0 Å². The molecule has 0 bridgehead atoms. The van der Waals surface area contributed by atoms with Gasteiger partial charge in [-0.15, -0.1) is 6.58 Å². The number of alkyl halides is 1. The third kappa shape index (κ3) is 5.75. The van der Waals surface area contributed by atoms with Gasteiger partial charge >= 0.3 is 0 Å². The molecule has 0 nitrogen and oxygen atoms in total. The first-order valence-electron chi connectivity index (χ1n) is 4.29. The summed E-state index contributed by atoms with van der Waals surface area (Å²) < 4.78 is 13.3. The summed E-state index contributed by atoms with van der Waals surface area (Å²) in [7, 11) is 0. The second kappa shape index (κ2) is 7.77. The number of rotatable bonds is 6. The van der Waals surface area contributed by atoms with Crippen LogP contribution in [0.1, 0.15) is 26.2 Å². The Bertz CT molecular complexity index is 152. The van der Waals surface area contributed by atoms with E-state index < -0.39 is 0 Å². The monoisotopic (exact) mass is 282 g/mol. The summed E-state index contributed by atoms with van der Waals surface area (Å²) in [5.74, 6) is 0.191. The fourth-order valence-electron chi connectivity index (χ4n) is 0.986. The zero-order valence-corrected chi connectivity index (χ0v) is 9.68. The number of hydrogen-bond acceptors (Lipinski definition) is 0. The van der Waals surface area contributed by atoms with Gasteiger partial charge in [0.15, 0.2) is 0 Å². The fraction of sp³-hybridized carbons (Fsp3) is 0.600. The molecule has 0 aromatic rings. The molecule has 0 fully saturated rings. The molecule has 0 aliphatic heterocycles. The Hall–Kier alpha value is 0.140. The van der Waals surface area contributed by atoms with Crippen LogP contribution in [0.15, 0.2) is 24.6 Å². The average molecular weight is 282 g/mol. The Labute approximate surface area is 88.1 Å². The molecule has 0 saturated heterocycles. The maximum atomic E-state index is 12.8. The van der Waals surface area contributed by atoms with Gasteiger partial charge in [-0.1, -0.05) is 48.4 Å². The predicted molar refractivity (Wildman–Crippen MR) is 61.3 cm³/mol. The van der Waals surface area contributed by atoms with Crippen LogP contribution in [0.2, 0.25) is 0 Å². The molecule has 12 heavy (non-hydrogen) atoms. The van der Waals surface area contributed by atoms with Gasteiger partial charge < -0.3 is 0 Å². The number of unbranched alkanes of at least 4 members (excludes halogenated alkanes) is 1. The molecule has 0 amide bonds. The zero-order chi connectivity index (χ0) is 9.40. The first-order valence-corrected chi connectivity index (χ1v) is 5.81. The van der Waals surface area contributed by atoms with Gasteiger partial charge in [0, 0.05) is 0 Å². The van der Waals surface area contributed by atoms with E-state index in [0.717, 1.165) is 19.3 Å². The van der Waals surface area contributed by atoms with Gasteiger partial charge in [0.2, 0.25) is 0 Å². The van der Waals surface area contributed by atoms with Crippen molar-refractivity contribution in [1.82, 2.24) is 0 Å². The van der Waals surface area contributed by atoms with Crippen molar-refractivity contribution in [3.05, 3.63) is 24.6 Å². The van der Waals surface area contributed by atoms with Crippen molar-refractivity contribution in [2.24, 2.45) is 5.92 Å². The molecular weight excluding hydrogens is 266 g/mol. The summed E-state index contributed by atoms with van der Waals surface area (Å²) >= 11 is 2.02. The van der Waals surface area contributed by atoms with Gasteiger partial charge in [-0.3, -0.25) is 0 Å². The molecule has 1 atom stereocenters. The lowest BCUT2D eigenvalue weighted by atomic mass is 10.0. The van der Waals surface area contributed by atoms with E-state index in [4.69, 9.17) is 0 Å². The highest BCUT2D eigenvalue weighted by Crippen LogP contribution is 2.15. The van der Waals surface area contributed by atoms with E-state index in [1.165, 1.54) is 0 Å². The van der Waals surface area contributed by atoms with E-state index in [1.54, 1.807) is 6.08 Å². The van der Waals surface area contributed by atoms with E-state index in [2.05, 4.69) is 13.5 Å². The minimum absolute atomic E-state index is 0.0309. The molecule has 0 saturated carbocycles. The quantitative estimate of drug-likeness (QED) is 0.388. The van der Waals surface area contributed by atoms with Gasteiger partial charge in [0.05, 0.1) is 4.43 Å². The molecule has 2 heteroatoms. The van der Waals surface area contributed by atoms with Crippen molar-refractivity contribution in [2.45, 2.75) is 26.2 Å². The predicted octanol–water partition coefficient (Wildman–Crippen LogP) is 4.27. The van der Waals surface area contributed by atoms with Gasteiger partial charge in [-0.2, -0.15) is 0 Å². The summed E-state index contributed by atoms with van der Waals surface area (Å²) in [4.78, 5) is 0. The van der Waals surface area contributed by atoms with Crippen molar-refractivity contribution in [3.63, 3.8) is 0 Å². The highest BCUT2D eigenvalue weighted by Gasteiger charge is 2.01. The smallest absolute Gasteiger partial charge is 0.106 e. The van der Waals surface area contributed by atoms with Crippen molar-refractivity contribution in [2.75, 3.05) is 4.43 Å². The van der Waals surface area contributed by atoms with Crippen LogP contribution in [0.4, 0.5) is 4.39 Å². The molecule has 1 unspecified atom stereocenters. The largest absolute Gasteiger partial charge is 0.211 e. The summed E-state index contributed by atoms with van der Waals surface area (Å²) in [6.45, 7) is 5.83. The number of allylic oxidation sites excluding steroid dienone is 3. The van der Waals surface area contributed by atoms with E-state index in [9.17, 15) is 4.39 Å². The topological polar surface area (TPSA) is 0 Å². The third-order valence-corrected chi connectivity index (χ3v) is 2.45. The molecule has 0 aliphatic rings. The molecule has 70 valence electrons. The Morgan fingerprint density at radius 2 is 2.33 bits per heavy atom. The maximum absolute atomic E-state index is 12.8. The molecule has 0 aromatic heterocycles. The van der Waals surface area contributed by atoms with Gasteiger partial charge in [-0.05, 0) is 18.4 Å². The van der Waals surface area contributed by atoms with Crippen molar-refractivity contribution in [1.29, 1.82) is 0 Å². The highest BCUT2D eigenvalue weighted by molar-refractivity contribution is 14.1. The molecule has 0 rings (SSSR count). The molecule has 0 spiro atoms. The lowest BCUT2D eigenvalue weighted by Crippen LogP contribution is -1.92. The van der Waals surface area contributed by atoms with Crippen LogP contribution in [-0.2, 0) is 0 Å². The average Bonchev–Trinajstić information content (AvgIpc) is 2.11. The van der Waals surface area contributed by atoms with Crippen molar-refractivity contribution in [3.8, 4) is 0 Å². The van der Waals surface area contributed by atoms with E-state index in [0.29, 0.717) is 4.43 Å². The minimum Gasteiger partial charge on any atom is -0.211 e. The first-order chi connectivity index (χ1) is 5.74. The third-order valence-electron chi connectivity index (χ3n) is 1.72. The van der Waals surface area contributed by atoms with Gasteiger partial charge in [-0.25, -0.2) is 4.39 Å². The van der Waals surface area contributed by atoms with Crippen LogP contribution in [0, 0.1) is 5.92 Å². The minimum atomic E-state index is -0.0309. The van der Waals surface area contributed by atoms with Gasteiger partial charge in [0.1, 0.15) is 5.83 Å². The first kappa shape index (κ1) is 12.1. The lowest BCUT2D eigenvalue weighted by Gasteiger charge is -2.05. The molecule has 0 N–H and O–H groups in total. The van der Waals surface area contributed by atoms with Crippen LogP contribution in [-0.4, -0.2) is 4.43 Å². The summed E-state index contributed by atoms with van der Waals surface area (Å²) in [5.41, 5.74) is 0. The maximum Gasteiger partial charge on any atom is 0.106 e. The van der Waals surface area contributed by atoms with Crippen LogP contribution >= 0.6 is 22.6 Å². The van der Waals surface area contributed by atoms with E-state index in [-0.39, 0.29) is 11.7 Å². The highest BCUT2D eigenvalue weighted by atomic mass is 127. The molecular formula is C10H16FI. The summed E-state index contributed by atoms with van der Waals surface area (Å²) in [6.07, 6.45) is 6.81. The fourth-order valence-corrected chi connectivity index (χ4v) is 1.24. The number of hydrogen-bond donors (Lipinski definition) is 0. The summed E-state index contributed by atoms with van der Waals surface area (Å²) in [5, 5.41) is 0. The Morgan fingerprint density at radius 3 is 2.75 bits per heavy atom. The van der Waals surface area contributed by atoms with Crippen LogP contribution in [0.5, 0.6) is 0 Å². The Balaban J connectivity index is 3.89. The summed E-state index contributed by atoms with van der Waals surface area (Å²) in [6, 6.07) is 0. The van der Waals surface area contributed by atoms with Crippen LogP contribution < -0.4 is 0 Å². The Morgan fingerprint density at radius 1 is 1.67 bits per heavy atom. The standard InChI is InChI=1S/C10H16FI/c1-3-5-6-9(4-2)7-10(11)8-12/h4,7,9H,2-3,5-6,8H2,1H3/b10-7+. The molecule has 0 heterocycles. The van der Waals surface area contributed by atoms with Gasteiger partial charge in [0.25, 0.3) is 0 Å². The van der Waals surface area contributed by atoms with E-state index in [1.807, 2.05) is 28.7 Å². The van der Waals surface area contributed by atoms with Crippen LogP contribution in [0.25, 0.3) is 0 Å². The van der Waals surface area contributed by atoms with E-state index >= 15 is 0 Å². The molecule has 0 aromatic carbocycles. The lowest BCUT2D eigenvalue weighted by molar-refractivity contribution is 0.597. The molecule has 0 aliphatic carbocycles. The Kier molecular flexibility index (Phi) is 7.86. The second-order valence-electron chi connectivity index (χ2n) is 2.79. The SMILES string of the molecule is C=CC(/C=C(/F)CI)CCCC.